The Morgan fingerprint density at radius 2 is 1.97 bits per heavy atom. The number of benzene rings is 2. The predicted octanol–water partition coefficient (Wildman–Crippen LogP) is 4.22. The minimum Gasteiger partial charge on any atom is -0.487 e. The Kier molecular flexibility index (Phi) is 7.38. The summed E-state index contributed by atoms with van der Waals surface area (Å²) in [5.41, 5.74) is 4.00. The van der Waals surface area contributed by atoms with Gasteiger partial charge in [0.2, 0.25) is 10.0 Å². The van der Waals surface area contributed by atoms with Gasteiger partial charge in [0.1, 0.15) is 12.4 Å². The fraction of sp³-hybridized carbons (Fsp3) is 0.238. The molecule has 0 radical (unpaired) electrons. The van der Waals surface area contributed by atoms with E-state index in [0.29, 0.717) is 40.0 Å². The molecule has 0 atom stereocenters. The smallest absolute Gasteiger partial charge is 0.271 e. The number of halogens is 2. The number of sulfonamides is 1. The first-order chi connectivity index (χ1) is 14.8. The molecule has 3 rings (SSSR count). The van der Waals surface area contributed by atoms with Crippen molar-refractivity contribution in [3.8, 4) is 5.75 Å². The summed E-state index contributed by atoms with van der Waals surface area (Å²) in [5, 5.41) is 4.85. The maximum atomic E-state index is 12.7. The predicted molar refractivity (Wildman–Crippen MR) is 122 cm³/mol. The van der Waals surface area contributed by atoms with E-state index in [1.165, 1.54) is 34.8 Å². The highest BCUT2D eigenvalue weighted by Crippen LogP contribution is 2.36. The number of carbonyl (C=O) groups is 1. The van der Waals surface area contributed by atoms with E-state index < -0.39 is 15.9 Å². The van der Waals surface area contributed by atoms with Crippen molar-refractivity contribution in [2.45, 2.75) is 18.7 Å². The molecule has 0 bridgehead atoms. The van der Waals surface area contributed by atoms with Crippen LogP contribution in [0.15, 0.2) is 52.0 Å². The molecule has 1 heterocycles. The Morgan fingerprint density at radius 1 is 1.23 bits per heavy atom. The lowest BCUT2D eigenvalue weighted by Crippen LogP contribution is -2.30. The van der Waals surface area contributed by atoms with Gasteiger partial charge in [-0.05, 0) is 36.4 Å². The van der Waals surface area contributed by atoms with Crippen LogP contribution in [0.1, 0.15) is 29.8 Å². The Morgan fingerprint density at radius 3 is 2.68 bits per heavy atom. The van der Waals surface area contributed by atoms with Crippen LogP contribution in [-0.2, 0) is 10.0 Å². The molecule has 31 heavy (non-hydrogen) atoms. The van der Waals surface area contributed by atoms with Crippen LogP contribution in [0.4, 0.5) is 0 Å². The van der Waals surface area contributed by atoms with E-state index in [2.05, 4.69) is 10.5 Å². The van der Waals surface area contributed by atoms with E-state index in [9.17, 15) is 13.2 Å². The summed E-state index contributed by atoms with van der Waals surface area (Å²) < 4.78 is 32.3. The van der Waals surface area contributed by atoms with Crippen LogP contribution in [-0.4, -0.2) is 44.5 Å². The van der Waals surface area contributed by atoms with Gasteiger partial charge in [-0.1, -0.05) is 43.1 Å². The molecule has 1 amide bonds. The van der Waals surface area contributed by atoms with Crippen LogP contribution in [0, 0.1) is 0 Å². The quantitative estimate of drug-likeness (QED) is 0.473. The average Bonchev–Trinajstić information content (AvgIpc) is 2.74. The molecule has 0 spiro atoms. The average molecular weight is 482 g/mol. The summed E-state index contributed by atoms with van der Waals surface area (Å²) in [5.74, 6) is 0.00939. The van der Waals surface area contributed by atoms with Gasteiger partial charge in [-0.2, -0.15) is 9.41 Å². The normalized spacial score (nSPS) is 13.6. The molecule has 1 N–H and O–H groups in total. The lowest BCUT2D eigenvalue weighted by atomic mass is 10.1. The van der Waals surface area contributed by atoms with Gasteiger partial charge in [-0.25, -0.2) is 13.8 Å². The van der Waals surface area contributed by atoms with E-state index in [4.69, 9.17) is 27.9 Å². The zero-order valence-electron chi connectivity index (χ0n) is 16.9. The number of fused-ring (bicyclic) bond motifs is 1. The molecule has 2 aromatic carbocycles. The van der Waals surface area contributed by atoms with Crippen molar-refractivity contribution in [2.75, 3.05) is 19.7 Å². The summed E-state index contributed by atoms with van der Waals surface area (Å²) in [7, 11) is -3.66. The number of hydrazone groups is 1. The Labute approximate surface area is 191 Å². The number of carbonyl (C=O) groups excluding carboxylic acids is 1. The molecule has 1 aliphatic rings. The minimum atomic E-state index is -3.66. The maximum Gasteiger partial charge on any atom is 0.271 e. The molecule has 10 heteroatoms. The maximum absolute atomic E-state index is 12.7. The van der Waals surface area contributed by atoms with Crippen LogP contribution < -0.4 is 10.2 Å². The zero-order chi connectivity index (χ0) is 22.6. The Hall–Kier alpha value is -2.39. The molecule has 0 saturated heterocycles. The highest BCUT2D eigenvalue weighted by molar-refractivity contribution is 7.89. The molecule has 0 unspecified atom stereocenters. The first kappa shape index (κ1) is 23.3. The van der Waals surface area contributed by atoms with Crippen molar-refractivity contribution >= 4 is 51.4 Å². The van der Waals surface area contributed by atoms with Gasteiger partial charge in [0.15, 0.2) is 0 Å². The second kappa shape index (κ2) is 9.82. The number of amides is 1. The fourth-order valence-corrected chi connectivity index (χ4v) is 5.13. The van der Waals surface area contributed by atoms with Crippen LogP contribution >= 0.6 is 23.2 Å². The zero-order valence-corrected chi connectivity index (χ0v) is 19.3. The molecule has 164 valence electrons. The first-order valence-corrected chi connectivity index (χ1v) is 11.7. The van der Waals surface area contributed by atoms with Crippen molar-refractivity contribution in [2.24, 2.45) is 5.10 Å². The Bertz CT molecular complexity index is 1160. The van der Waals surface area contributed by atoms with Crippen molar-refractivity contribution in [3.05, 3.63) is 63.1 Å². The molecule has 7 nitrogen and oxygen atoms in total. The van der Waals surface area contributed by atoms with Crippen molar-refractivity contribution in [3.63, 3.8) is 0 Å². The monoisotopic (exact) mass is 481 g/mol. The molecule has 0 fully saturated rings. The fourth-order valence-electron chi connectivity index (χ4n) is 3.06. The van der Waals surface area contributed by atoms with Gasteiger partial charge in [0, 0.05) is 34.8 Å². The second-order valence-electron chi connectivity index (χ2n) is 6.63. The minimum absolute atomic E-state index is 0.0570. The van der Waals surface area contributed by atoms with Gasteiger partial charge in [0.25, 0.3) is 5.91 Å². The van der Waals surface area contributed by atoms with E-state index in [-0.39, 0.29) is 17.1 Å². The van der Waals surface area contributed by atoms with Crippen LogP contribution in [0.25, 0.3) is 6.08 Å². The van der Waals surface area contributed by atoms with Gasteiger partial charge in [0.05, 0.1) is 16.1 Å². The topological polar surface area (TPSA) is 88.1 Å². The number of rotatable bonds is 7. The molecular formula is C21H21Cl2N3O4S. The molecule has 0 aliphatic carbocycles. The van der Waals surface area contributed by atoms with Crippen LogP contribution in [0.3, 0.4) is 0 Å². The number of ether oxygens (including phenoxy) is 1. The molecule has 0 saturated carbocycles. The number of nitrogens with zero attached hydrogens (tertiary/aromatic N) is 2. The van der Waals surface area contributed by atoms with Crippen molar-refractivity contribution in [1.82, 2.24) is 9.73 Å². The van der Waals surface area contributed by atoms with Crippen molar-refractivity contribution in [1.29, 1.82) is 0 Å². The lowest BCUT2D eigenvalue weighted by Gasteiger charge is -2.18. The van der Waals surface area contributed by atoms with Gasteiger partial charge >= 0.3 is 0 Å². The largest absolute Gasteiger partial charge is 0.487 e. The van der Waals surface area contributed by atoms with Gasteiger partial charge in [-0.15, -0.1) is 0 Å². The third-order valence-corrected chi connectivity index (χ3v) is 7.14. The number of nitrogens with one attached hydrogen (secondary N) is 1. The van der Waals surface area contributed by atoms with E-state index in [1.807, 2.05) is 6.08 Å². The standard InChI is InChI=1S/C21H21Cl2N3O4S/c1-3-26(4-2)31(28,29)18-7-5-6-15(10-18)21(27)25-24-12-14-8-16-9-17(22)11-19(23)20(16)30-13-14/h5-12H,3-4,13H2,1-2H3,(H,25,27)/b24-12+. The SMILES string of the molecule is CCN(CC)S(=O)(=O)c1cccc(C(=O)N/N=C/C2=Cc3cc(Cl)cc(Cl)c3OC2)c1. The molecular weight excluding hydrogens is 461 g/mol. The van der Waals surface area contributed by atoms with E-state index in [0.717, 1.165) is 0 Å². The second-order valence-corrected chi connectivity index (χ2v) is 9.41. The highest BCUT2D eigenvalue weighted by atomic mass is 35.5. The van der Waals surface area contributed by atoms with E-state index in [1.54, 1.807) is 26.0 Å². The molecule has 0 aromatic heterocycles. The molecule has 2 aromatic rings. The summed E-state index contributed by atoms with van der Waals surface area (Å²) in [6.45, 7) is 4.43. The molecule has 1 aliphatic heterocycles. The highest BCUT2D eigenvalue weighted by Gasteiger charge is 2.22. The first-order valence-electron chi connectivity index (χ1n) is 9.52. The van der Waals surface area contributed by atoms with Gasteiger partial charge in [-0.3, -0.25) is 4.79 Å². The van der Waals surface area contributed by atoms with Crippen LogP contribution in [0.5, 0.6) is 5.75 Å². The summed E-state index contributed by atoms with van der Waals surface area (Å²) >= 11 is 12.1. The number of hydrogen-bond acceptors (Lipinski definition) is 5. The summed E-state index contributed by atoms with van der Waals surface area (Å²) in [6.07, 6.45) is 3.26. The third kappa shape index (κ3) is 5.27. The van der Waals surface area contributed by atoms with Crippen LogP contribution in [0.2, 0.25) is 10.0 Å². The van der Waals surface area contributed by atoms with E-state index >= 15 is 0 Å². The summed E-state index contributed by atoms with van der Waals surface area (Å²) in [6, 6.07) is 9.17. The van der Waals surface area contributed by atoms with Gasteiger partial charge < -0.3 is 4.74 Å². The third-order valence-electron chi connectivity index (χ3n) is 4.60. The summed E-state index contributed by atoms with van der Waals surface area (Å²) in [4.78, 5) is 12.5. The lowest BCUT2D eigenvalue weighted by molar-refractivity contribution is 0.0955. The Balaban J connectivity index is 1.73. The van der Waals surface area contributed by atoms with Crippen molar-refractivity contribution < 1.29 is 17.9 Å². The number of hydrogen-bond donors (Lipinski definition) is 1.